The van der Waals surface area contributed by atoms with E-state index in [1.807, 2.05) is 25.2 Å². The molecule has 7 heteroatoms. The second-order valence-electron chi connectivity index (χ2n) is 7.32. The first-order valence-electron chi connectivity index (χ1n) is 9.68. The molecule has 150 valence electrons. The Morgan fingerprint density at radius 3 is 2.59 bits per heavy atom. The second-order valence-corrected chi connectivity index (χ2v) is 7.32. The topological polar surface area (TPSA) is 87.7 Å². The first-order chi connectivity index (χ1) is 14.1. The third-order valence-electron chi connectivity index (χ3n) is 5.34. The molecule has 0 radical (unpaired) electrons. The molecule has 2 aliphatic rings. The molecule has 7 nitrogen and oxygen atoms in total. The number of hydrogen-bond donors (Lipinski definition) is 2. The van der Waals surface area contributed by atoms with Gasteiger partial charge in [-0.2, -0.15) is 0 Å². The van der Waals surface area contributed by atoms with Crippen molar-refractivity contribution in [3.8, 4) is 5.75 Å². The standard InChI is InChI=1S/C22H23N3O4/c1-23-11-14-5-7-15(8-6-14)13-29-19-4-2-3-16-17(19)12-25(22(16)28)18-9-10-20(26)24-21(18)27/h2-8,18,23H,9-13H2,1H3,(H,24,26,27). The van der Waals surface area contributed by atoms with Crippen LogP contribution < -0.4 is 15.4 Å². The van der Waals surface area contributed by atoms with Gasteiger partial charge in [0.05, 0.1) is 6.54 Å². The van der Waals surface area contributed by atoms with E-state index in [0.717, 1.165) is 17.7 Å². The molecule has 0 aromatic heterocycles. The van der Waals surface area contributed by atoms with Crippen molar-refractivity contribution in [2.45, 2.75) is 38.6 Å². The predicted octanol–water partition coefficient (Wildman–Crippen LogP) is 1.75. The minimum Gasteiger partial charge on any atom is -0.489 e. The van der Waals surface area contributed by atoms with Crippen molar-refractivity contribution in [2.75, 3.05) is 7.05 Å². The predicted molar refractivity (Wildman–Crippen MR) is 106 cm³/mol. The van der Waals surface area contributed by atoms with E-state index in [1.165, 1.54) is 10.5 Å². The molecule has 0 spiro atoms. The highest BCUT2D eigenvalue weighted by Crippen LogP contribution is 2.33. The normalized spacial score (nSPS) is 18.6. The van der Waals surface area contributed by atoms with E-state index >= 15 is 0 Å². The fourth-order valence-electron chi connectivity index (χ4n) is 3.81. The lowest BCUT2D eigenvalue weighted by molar-refractivity contribution is -0.136. The highest BCUT2D eigenvalue weighted by molar-refractivity contribution is 6.05. The number of carbonyl (C=O) groups excluding carboxylic acids is 3. The molecular weight excluding hydrogens is 370 g/mol. The van der Waals surface area contributed by atoms with Crippen LogP contribution in [0, 0.1) is 0 Å². The summed E-state index contributed by atoms with van der Waals surface area (Å²) in [5.74, 6) is -0.256. The van der Waals surface area contributed by atoms with Crippen molar-refractivity contribution in [3.05, 3.63) is 64.7 Å². The Morgan fingerprint density at radius 2 is 1.86 bits per heavy atom. The number of imide groups is 1. The van der Waals surface area contributed by atoms with Gasteiger partial charge in [-0.05, 0) is 36.7 Å². The van der Waals surface area contributed by atoms with Crippen LogP contribution in [0.2, 0.25) is 0 Å². The minimum absolute atomic E-state index is 0.198. The van der Waals surface area contributed by atoms with E-state index in [4.69, 9.17) is 4.74 Å². The largest absolute Gasteiger partial charge is 0.489 e. The molecule has 1 unspecified atom stereocenters. The van der Waals surface area contributed by atoms with Gasteiger partial charge in [0.15, 0.2) is 0 Å². The Balaban J connectivity index is 1.48. The molecule has 4 rings (SSSR count). The zero-order chi connectivity index (χ0) is 20.4. The molecule has 0 saturated carbocycles. The molecule has 1 saturated heterocycles. The van der Waals surface area contributed by atoms with Gasteiger partial charge >= 0.3 is 0 Å². The maximum absolute atomic E-state index is 12.8. The summed E-state index contributed by atoms with van der Waals surface area (Å²) < 4.78 is 6.01. The Bertz CT molecular complexity index is 955. The molecule has 0 aliphatic carbocycles. The first-order valence-corrected chi connectivity index (χ1v) is 9.68. The summed E-state index contributed by atoms with van der Waals surface area (Å²) in [6.45, 7) is 1.51. The number of fused-ring (bicyclic) bond motifs is 1. The number of nitrogens with one attached hydrogen (secondary N) is 2. The number of hydrogen-bond acceptors (Lipinski definition) is 5. The van der Waals surface area contributed by atoms with Crippen molar-refractivity contribution in [2.24, 2.45) is 0 Å². The molecule has 2 aromatic carbocycles. The summed E-state index contributed by atoms with van der Waals surface area (Å²) in [5.41, 5.74) is 3.57. The van der Waals surface area contributed by atoms with Crippen LogP contribution in [0.3, 0.4) is 0 Å². The number of nitrogens with zero attached hydrogens (tertiary/aromatic N) is 1. The van der Waals surface area contributed by atoms with Gasteiger partial charge in [0.2, 0.25) is 11.8 Å². The van der Waals surface area contributed by atoms with Gasteiger partial charge < -0.3 is 15.0 Å². The quantitative estimate of drug-likeness (QED) is 0.730. The van der Waals surface area contributed by atoms with Gasteiger partial charge in [-0.3, -0.25) is 19.7 Å². The maximum atomic E-state index is 12.8. The maximum Gasteiger partial charge on any atom is 0.255 e. The third kappa shape index (κ3) is 3.86. The van der Waals surface area contributed by atoms with Crippen molar-refractivity contribution in [1.82, 2.24) is 15.5 Å². The monoisotopic (exact) mass is 393 g/mol. The number of benzene rings is 2. The lowest BCUT2D eigenvalue weighted by Gasteiger charge is -2.29. The van der Waals surface area contributed by atoms with Crippen LogP contribution in [0.15, 0.2) is 42.5 Å². The molecular formula is C22H23N3O4. The fourth-order valence-corrected chi connectivity index (χ4v) is 3.81. The van der Waals surface area contributed by atoms with Crippen molar-refractivity contribution in [1.29, 1.82) is 0 Å². The number of rotatable bonds is 6. The SMILES string of the molecule is CNCc1ccc(COc2cccc3c2CN(C2CCC(=O)NC2=O)C3=O)cc1. The van der Waals surface area contributed by atoms with E-state index in [-0.39, 0.29) is 18.2 Å². The van der Waals surface area contributed by atoms with Crippen LogP contribution in [0.1, 0.15) is 39.9 Å². The van der Waals surface area contributed by atoms with Gasteiger partial charge in [-0.1, -0.05) is 30.3 Å². The summed E-state index contributed by atoms with van der Waals surface area (Å²) in [6.07, 6.45) is 0.586. The van der Waals surface area contributed by atoms with Crippen LogP contribution in [0.5, 0.6) is 5.75 Å². The van der Waals surface area contributed by atoms with Gasteiger partial charge in [-0.15, -0.1) is 0 Å². The van der Waals surface area contributed by atoms with Crippen molar-refractivity contribution in [3.63, 3.8) is 0 Å². The Hall–Kier alpha value is -3.19. The van der Waals surface area contributed by atoms with Crippen LogP contribution in [0.25, 0.3) is 0 Å². The highest BCUT2D eigenvalue weighted by atomic mass is 16.5. The zero-order valence-corrected chi connectivity index (χ0v) is 16.2. The number of piperidine rings is 1. The summed E-state index contributed by atoms with van der Waals surface area (Å²) in [7, 11) is 1.91. The Labute approximate surface area is 169 Å². The van der Waals surface area contributed by atoms with Gasteiger partial charge in [0.1, 0.15) is 18.4 Å². The average Bonchev–Trinajstić information content (AvgIpc) is 3.05. The molecule has 2 N–H and O–H groups in total. The van der Waals surface area contributed by atoms with Gasteiger partial charge in [-0.25, -0.2) is 0 Å². The van der Waals surface area contributed by atoms with E-state index in [2.05, 4.69) is 22.8 Å². The molecule has 3 amide bonds. The Kier molecular flexibility index (Phi) is 5.31. The smallest absolute Gasteiger partial charge is 0.255 e. The van der Waals surface area contributed by atoms with E-state index in [9.17, 15) is 14.4 Å². The van der Waals surface area contributed by atoms with Crippen LogP contribution in [-0.2, 0) is 29.3 Å². The number of carbonyl (C=O) groups is 3. The summed E-state index contributed by atoms with van der Waals surface area (Å²) in [5, 5.41) is 5.44. The van der Waals surface area contributed by atoms with E-state index < -0.39 is 11.9 Å². The number of amides is 3. The molecule has 2 aromatic rings. The minimum atomic E-state index is -0.625. The summed E-state index contributed by atoms with van der Waals surface area (Å²) in [4.78, 5) is 38.0. The van der Waals surface area contributed by atoms with E-state index in [0.29, 0.717) is 30.9 Å². The van der Waals surface area contributed by atoms with Gasteiger partial charge in [0, 0.05) is 24.1 Å². The Morgan fingerprint density at radius 1 is 1.10 bits per heavy atom. The molecule has 0 bridgehead atoms. The van der Waals surface area contributed by atoms with E-state index in [1.54, 1.807) is 12.1 Å². The molecule has 2 aliphatic heterocycles. The lowest BCUT2D eigenvalue weighted by Crippen LogP contribution is -2.52. The van der Waals surface area contributed by atoms with Crippen LogP contribution >= 0.6 is 0 Å². The average molecular weight is 393 g/mol. The third-order valence-corrected chi connectivity index (χ3v) is 5.34. The molecule has 1 atom stereocenters. The first kappa shape index (κ1) is 19.1. The van der Waals surface area contributed by atoms with Crippen molar-refractivity contribution >= 4 is 17.7 Å². The highest BCUT2D eigenvalue weighted by Gasteiger charge is 2.40. The molecule has 29 heavy (non-hydrogen) atoms. The second kappa shape index (κ2) is 8.05. The van der Waals surface area contributed by atoms with Crippen molar-refractivity contribution < 1.29 is 19.1 Å². The zero-order valence-electron chi connectivity index (χ0n) is 16.2. The molecule has 2 heterocycles. The fraction of sp³-hybridized carbons (Fsp3) is 0.318. The van der Waals surface area contributed by atoms with Gasteiger partial charge in [0.25, 0.3) is 5.91 Å². The summed E-state index contributed by atoms with van der Waals surface area (Å²) in [6, 6.07) is 12.9. The lowest BCUT2D eigenvalue weighted by atomic mass is 10.0. The molecule has 1 fully saturated rings. The van der Waals surface area contributed by atoms with Crippen LogP contribution in [0.4, 0.5) is 0 Å². The summed E-state index contributed by atoms with van der Waals surface area (Å²) >= 11 is 0. The van der Waals surface area contributed by atoms with Crippen LogP contribution in [-0.4, -0.2) is 35.7 Å². The number of ether oxygens (including phenoxy) is 1.